The maximum atomic E-state index is 12.0. The molecule has 3 atom stereocenters. The zero-order chi connectivity index (χ0) is 36.2. The van der Waals surface area contributed by atoms with Crippen molar-refractivity contribution in [2.24, 2.45) is 21.6 Å². The molecule has 17 heteroatoms. The molecule has 0 saturated carbocycles. The number of nitrogens with zero attached hydrogens (tertiary/aromatic N) is 5. The molecule has 2 unspecified atom stereocenters. The summed E-state index contributed by atoms with van der Waals surface area (Å²) in [5, 5.41) is 20.3. The van der Waals surface area contributed by atoms with Crippen LogP contribution in [0.1, 0.15) is 29.3 Å². The molecule has 2 aromatic carbocycles. The van der Waals surface area contributed by atoms with Crippen LogP contribution >= 0.6 is 35.1 Å². The lowest BCUT2D eigenvalue weighted by molar-refractivity contribution is -0.144. The van der Waals surface area contributed by atoms with Crippen molar-refractivity contribution < 1.29 is 19.1 Å². The van der Waals surface area contributed by atoms with E-state index in [1.54, 1.807) is 29.7 Å². The van der Waals surface area contributed by atoms with Gasteiger partial charge in [-0.1, -0.05) is 41.0 Å². The number of amides is 1. The van der Waals surface area contributed by atoms with Gasteiger partial charge >= 0.3 is 5.97 Å². The SMILES string of the molecule is [N-]=[N+]=NC[C@H](N)C(=O)NCC(=O)OCCOc1ccc(C2=C(C=N)C(SCC3=CSC(c4ccc(Cl)cc4)N3)N=C(N3CCCC3)C2=CN)cc1. The third-order valence-electron chi connectivity index (χ3n) is 8.11. The van der Waals surface area contributed by atoms with E-state index in [2.05, 4.69) is 31.0 Å². The van der Waals surface area contributed by atoms with Crippen molar-refractivity contribution in [3.63, 3.8) is 0 Å². The van der Waals surface area contributed by atoms with E-state index in [0.717, 1.165) is 65.3 Å². The number of benzene rings is 2. The standard InChI is InChI=1S/C34H39ClN10O4S2/c35-23-7-3-22(4-8-23)33-42-24(19-50-33)20-51-34-27(16-37)30(26(15-36)31(43-34)45-11-1-2-12-45)21-5-9-25(10-6-21)48-13-14-49-29(46)18-40-32(47)28(38)17-41-44-39/h3-10,15-16,19,28,33-34,37,42H,1-2,11-14,17-18,20,36,38H2,(H,40,47)/t28-,33?,34?/m0/s1. The van der Waals surface area contributed by atoms with E-state index >= 15 is 0 Å². The van der Waals surface area contributed by atoms with Gasteiger partial charge in [0, 0.05) is 70.2 Å². The van der Waals surface area contributed by atoms with Gasteiger partial charge in [0.05, 0.1) is 6.04 Å². The van der Waals surface area contributed by atoms with Crippen LogP contribution in [-0.2, 0) is 14.3 Å². The smallest absolute Gasteiger partial charge is 0.325 e. The van der Waals surface area contributed by atoms with Gasteiger partial charge in [0.25, 0.3) is 0 Å². The molecular weight excluding hydrogens is 712 g/mol. The average Bonchev–Trinajstić information content (AvgIpc) is 3.87. The molecule has 1 amide bonds. The first-order valence-electron chi connectivity index (χ1n) is 16.2. The minimum atomic E-state index is -1.06. The van der Waals surface area contributed by atoms with Crippen molar-refractivity contribution in [1.29, 1.82) is 5.41 Å². The highest BCUT2D eigenvalue weighted by atomic mass is 35.5. The number of aliphatic imine (C=N–C) groups is 1. The zero-order valence-electron chi connectivity index (χ0n) is 27.7. The molecule has 3 aliphatic heterocycles. The molecular formula is C34H39ClN10O4S2. The number of nitrogens with two attached hydrogens (primary N) is 2. The molecule has 0 aromatic heterocycles. The molecule has 1 saturated heterocycles. The van der Waals surface area contributed by atoms with Crippen LogP contribution in [0.3, 0.4) is 0 Å². The Morgan fingerprint density at radius 3 is 2.65 bits per heavy atom. The van der Waals surface area contributed by atoms with Gasteiger partial charge in [-0.25, -0.2) is 4.99 Å². The fraction of sp³-hybridized carbons (Fsp3) is 0.353. The summed E-state index contributed by atoms with van der Waals surface area (Å²) in [4.78, 5) is 33.8. The molecule has 268 valence electrons. The Kier molecular flexibility index (Phi) is 13.7. The first-order valence-corrected chi connectivity index (χ1v) is 18.6. The average molecular weight is 751 g/mol. The Morgan fingerprint density at radius 2 is 1.96 bits per heavy atom. The number of halogens is 1. The Hall–Kier alpha value is -4.60. The van der Waals surface area contributed by atoms with E-state index in [4.69, 9.17) is 48.5 Å². The number of ether oxygens (including phenoxy) is 2. The van der Waals surface area contributed by atoms with E-state index in [1.165, 1.54) is 6.21 Å². The van der Waals surface area contributed by atoms with E-state index in [1.807, 2.05) is 48.5 Å². The second-order valence-electron chi connectivity index (χ2n) is 11.6. The first kappa shape index (κ1) is 37.7. The lowest BCUT2D eigenvalue weighted by Gasteiger charge is -2.32. The van der Waals surface area contributed by atoms with Crippen molar-refractivity contribution in [2.75, 3.05) is 45.1 Å². The summed E-state index contributed by atoms with van der Waals surface area (Å²) in [7, 11) is 0. The summed E-state index contributed by atoms with van der Waals surface area (Å²) in [5.74, 6) is 0.790. The number of carbonyl (C=O) groups is 2. The fourth-order valence-electron chi connectivity index (χ4n) is 5.58. The topological polar surface area (TPSA) is 217 Å². The number of hydrogen-bond acceptors (Lipinski definition) is 13. The predicted molar refractivity (Wildman–Crippen MR) is 203 cm³/mol. The number of carbonyl (C=O) groups excluding carboxylic acids is 2. The molecule has 3 aliphatic rings. The number of esters is 1. The lowest BCUT2D eigenvalue weighted by Crippen LogP contribution is -2.44. The summed E-state index contributed by atoms with van der Waals surface area (Å²) in [6, 6.07) is 14.3. The van der Waals surface area contributed by atoms with Crippen molar-refractivity contribution in [3.8, 4) is 5.75 Å². The van der Waals surface area contributed by atoms with Crippen molar-refractivity contribution in [1.82, 2.24) is 15.5 Å². The van der Waals surface area contributed by atoms with Gasteiger partial charge in [-0.05, 0) is 59.2 Å². The number of amidine groups is 1. The fourth-order valence-corrected chi connectivity index (χ4v) is 7.85. The number of nitrogens with one attached hydrogen (secondary N) is 3. The molecule has 0 bridgehead atoms. The Bertz CT molecular complexity index is 1750. The van der Waals surface area contributed by atoms with Gasteiger partial charge in [0.2, 0.25) is 5.91 Å². The van der Waals surface area contributed by atoms with Crippen LogP contribution in [0.15, 0.2) is 87.1 Å². The third kappa shape index (κ3) is 10.0. The van der Waals surface area contributed by atoms with E-state index in [0.29, 0.717) is 16.5 Å². The highest BCUT2D eigenvalue weighted by Gasteiger charge is 2.33. The third-order valence-corrected chi connectivity index (χ3v) is 10.6. The summed E-state index contributed by atoms with van der Waals surface area (Å²) in [6.45, 7) is 1.23. The molecule has 1 fully saturated rings. The lowest BCUT2D eigenvalue weighted by atomic mass is 9.90. The maximum absolute atomic E-state index is 12.0. The molecule has 0 spiro atoms. The number of likely N-dealkylation sites (tertiary alicyclic amines) is 1. The van der Waals surface area contributed by atoms with Gasteiger partial charge in [0.15, 0.2) is 0 Å². The Balaban J connectivity index is 1.22. The summed E-state index contributed by atoms with van der Waals surface area (Å²) in [5.41, 5.74) is 25.7. The van der Waals surface area contributed by atoms with Crippen molar-refractivity contribution in [3.05, 3.63) is 104 Å². The van der Waals surface area contributed by atoms with Crippen LogP contribution in [-0.4, -0.2) is 85.4 Å². The summed E-state index contributed by atoms with van der Waals surface area (Å²) < 4.78 is 10.9. The van der Waals surface area contributed by atoms with Gasteiger partial charge < -0.3 is 41.9 Å². The number of dihydropyridines is 1. The summed E-state index contributed by atoms with van der Waals surface area (Å²) >= 11 is 9.46. The number of thioether (sulfide) groups is 2. The van der Waals surface area contributed by atoms with Crippen LogP contribution in [0.4, 0.5) is 0 Å². The predicted octanol–water partition coefficient (Wildman–Crippen LogP) is 4.71. The van der Waals surface area contributed by atoms with E-state index in [-0.39, 0.29) is 37.1 Å². The molecule has 5 rings (SSSR count). The molecule has 0 radical (unpaired) electrons. The van der Waals surface area contributed by atoms with Gasteiger partial charge in [-0.2, -0.15) is 0 Å². The maximum Gasteiger partial charge on any atom is 0.325 e. The van der Waals surface area contributed by atoms with Crippen molar-refractivity contribution >= 4 is 64.6 Å². The molecule has 14 nitrogen and oxygen atoms in total. The monoisotopic (exact) mass is 750 g/mol. The Morgan fingerprint density at radius 1 is 1.22 bits per heavy atom. The highest BCUT2D eigenvalue weighted by Crippen LogP contribution is 2.41. The van der Waals surface area contributed by atoms with Crippen LogP contribution in [0, 0.1) is 5.41 Å². The van der Waals surface area contributed by atoms with Crippen LogP contribution < -0.4 is 26.8 Å². The molecule has 2 aromatic rings. The quantitative estimate of drug-likeness (QED) is 0.0422. The Labute approximate surface area is 309 Å². The minimum Gasteiger partial charge on any atom is -0.490 e. The largest absolute Gasteiger partial charge is 0.490 e. The normalized spacial score (nSPS) is 19.8. The van der Waals surface area contributed by atoms with Crippen LogP contribution in [0.5, 0.6) is 5.75 Å². The molecule has 3 heterocycles. The second-order valence-corrected chi connectivity index (χ2v) is 14.0. The first-order chi connectivity index (χ1) is 24.8. The summed E-state index contributed by atoms with van der Waals surface area (Å²) in [6.07, 6.45) is 5.11. The molecule has 51 heavy (non-hydrogen) atoms. The van der Waals surface area contributed by atoms with Gasteiger partial charge in [-0.15, -0.1) is 23.5 Å². The van der Waals surface area contributed by atoms with Crippen LogP contribution in [0.2, 0.25) is 5.02 Å². The number of rotatable bonds is 15. The van der Waals surface area contributed by atoms with E-state index in [9.17, 15) is 9.59 Å². The number of azide groups is 1. The number of hydrogen-bond donors (Lipinski definition) is 5. The van der Waals surface area contributed by atoms with E-state index < -0.39 is 17.9 Å². The zero-order valence-corrected chi connectivity index (χ0v) is 30.1. The van der Waals surface area contributed by atoms with Gasteiger partial charge in [0.1, 0.15) is 42.1 Å². The van der Waals surface area contributed by atoms with Gasteiger partial charge in [-0.3, -0.25) is 9.59 Å². The van der Waals surface area contributed by atoms with Crippen molar-refractivity contribution in [2.45, 2.75) is 29.6 Å². The highest BCUT2D eigenvalue weighted by molar-refractivity contribution is 8.03. The van der Waals surface area contributed by atoms with Crippen LogP contribution in [0.25, 0.3) is 16.0 Å². The molecule has 7 N–H and O–H groups in total. The minimum absolute atomic E-state index is 0.0385. The second kappa shape index (κ2) is 18.6. The molecule has 0 aliphatic carbocycles.